The third-order valence-electron chi connectivity index (χ3n) is 5.95. The van der Waals surface area contributed by atoms with Gasteiger partial charge in [-0.15, -0.1) is 11.8 Å². The Morgan fingerprint density at radius 1 is 1.00 bits per heavy atom. The Kier molecular flexibility index (Phi) is 6.88. The van der Waals surface area contributed by atoms with Crippen LogP contribution in [0.5, 0.6) is 0 Å². The van der Waals surface area contributed by atoms with Gasteiger partial charge in [0.05, 0.1) is 10.8 Å². The van der Waals surface area contributed by atoms with Crippen LogP contribution in [0.25, 0.3) is 0 Å². The van der Waals surface area contributed by atoms with Gasteiger partial charge in [-0.2, -0.15) is 4.31 Å². The zero-order valence-corrected chi connectivity index (χ0v) is 19.6. The van der Waals surface area contributed by atoms with Crippen LogP contribution in [0.2, 0.25) is 0 Å². The third-order valence-corrected chi connectivity index (χ3v) is 8.61. The maximum absolute atomic E-state index is 12.8. The zero-order valence-electron chi connectivity index (χ0n) is 18.0. The van der Waals surface area contributed by atoms with E-state index >= 15 is 0 Å². The van der Waals surface area contributed by atoms with Crippen molar-refractivity contribution in [3.8, 4) is 0 Å². The van der Waals surface area contributed by atoms with Gasteiger partial charge >= 0.3 is 0 Å². The van der Waals surface area contributed by atoms with Crippen molar-refractivity contribution < 1.29 is 18.0 Å². The first-order valence-corrected chi connectivity index (χ1v) is 13.4. The predicted molar refractivity (Wildman–Crippen MR) is 126 cm³/mol. The summed E-state index contributed by atoms with van der Waals surface area (Å²) in [7, 11) is -3.51. The van der Waals surface area contributed by atoms with Crippen molar-refractivity contribution in [2.45, 2.75) is 35.5 Å². The minimum atomic E-state index is -3.51. The third kappa shape index (κ3) is 4.84. The predicted octanol–water partition coefficient (Wildman–Crippen LogP) is 3.57. The van der Waals surface area contributed by atoms with E-state index in [0.29, 0.717) is 25.3 Å². The van der Waals surface area contributed by atoms with E-state index in [1.165, 1.54) is 16.4 Å². The Morgan fingerprint density at radius 2 is 1.66 bits per heavy atom. The first-order chi connectivity index (χ1) is 15.4. The summed E-state index contributed by atoms with van der Waals surface area (Å²) in [6, 6.07) is 14.0. The summed E-state index contributed by atoms with van der Waals surface area (Å²) in [5.74, 6) is -0.780. The molecule has 0 radical (unpaired) electrons. The molecule has 2 aliphatic rings. The van der Waals surface area contributed by atoms with Crippen LogP contribution in [0.3, 0.4) is 0 Å². The van der Waals surface area contributed by atoms with Crippen LogP contribution < -0.4 is 10.2 Å². The fourth-order valence-corrected chi connectivity index (χ4v) is 6.03. The molecule has 0 spiro atoms. The lowest BCUT2D eigenvalue weighted by Crippen LogP contribution is -2.35. The monoisotopic (exact) mass is 473 g/mol. The zero-order chi connectivity index (χ0) is 22.7. The Morgan fingerprint density at radius 3 is 2.28 bits per heavy atom. The summed E-state index contributed by atoms with van der Waals surface area (Å²) in [6.45, 7) is 1.42. The molecule has 2 aromatic rings. The first kappa shape index (κ1) is 22.8. The molecule has 32 heavy (non-hydrogen) atoms. The molecule has 9 heteroatoms. The number of carbonyl (C=O) groups excluding carboxylic acids is 2. The molecular formula is C23H27N3O4S2. The number of thioether (sulfide) groups is 1. The second kappa shape index (κ2) is 9.64. The van der Waals surface area contributed by atoms with Crippen molar-refractivity contribution in [2.24, 2.45) is 5.92 Å². The van der Waals surface area contributed by atoms with Crippen LogP contribution in [-0.4, -0.2) is 50.4 Å². The quantitative estimate of drug-likeness (QED) is 0.648. The molecule has 2 aromatic carbocycles. The van der Waals surface area contributed by atoms with Crippen LogP contribution in [0.1, 0.15) is 25.7 Å². The molecule has 1 N–H and O–H groups in total. The summed E-state index contributed by atoms with van der Waals surface area (Å²) >= 11 is 1.63. The fraction of sp³-hybridized carbons (Fsp3) is 0.391. The number of nitrogens with zero attached hydrogens (tertiary/aromatic N) is 2. The van der Waals surface area contributed by atoms with E-state index in [1.807, 2.05) is 30.5 Å². The van der Waals surface area contributed by atoms with E-state index in [0.717, 1.165) is 29.8 Å². The van der Waals surface area contributed by atoms with Crippen LogP contribution in [0, 0.1) is 5.92 Å². The Labute approximate surface area is 193 Å². The minimum absolute atomic E-state index is 0.0787. The summed E-state index contributed by atoms with van der Waals surface area (Å²) in [5.41, 5.74) is 1.30. The molecule has 170 valence electrons. The topological polar surface area (TPSA) is 86.8 Å². The number of sulfonamides is 1. The summed E-state index contributed by atoms with van der Waals surface area (Å²) in [4.78, 5) is 28.2. The molecule has 0 aliphatic carbocycles. The minimum Gasteiger partial charge on any atom is -0.326 e. The molecule has 2 fully saturated rings. The lowest BCUT2D eigenvalue weighted by Gasteiger charge is -2.25. The Hall–Kier alpha value is -2.36. The van der Waals surface area contributed by atoms with Gasteiger partial charge in [0, 0.05) is 42.3 Å². The molecule has 0 aromatic heterocycles. The summed E-state index contributed by atoms with van der Waals surface area (Å²) in [5, 5.41) is 2.82. The van der Waals surface area contributed by atoms with Crippen molar-refractivity contribution in [3.05, 3.63) is 48.5 Å². The molecule has 2 amide bonds. The number of piperidine rings is 1. The lowest BCUT2D eigenvalue weighted by atomic mass is 10.1. The summed E-state index contributed by atoms with van der Waals surface area (Å²) in [6.07, 6.45) is 4.96. The van der Waals surface area contributed by atoms with Gasteiger partial charge in [-0.05, 0) is 67.6 Å². The van der Waals surface area contributed by atoms with E-state index in [9.17, 15) is 18.0 Å². The summed E-state index contributed by atoms with van der Waals surface area (Å²) < 4.78 is 27.1. The van der Waals surface area contributed by atoms with Crippen LogP contribution in [-0.2, 0) is 19.6 Å². The van der Waals surface area contributed by atoms with E-state index in [1.54, 1.807) is 28.8 Å². The SMILES string of the molecule is CSc1ccc(N2CC(C(=O)Nc3ccc(S(=O)(=O)N4CCCCC4)cc3)CC2=O)cc1. The van der Waals surface area contributed by atoms with Gasteiger partial charge in [-0.25, -0.2) is 8.42 Å². The normalized spacial score (nSPS) is 19.8. The maximum Gasteiger partial charge on any atom is 0.243 e. The van der Waals surface area contributed by atoms with Gasteiger partial charge in [0.1, 0.15) is 0 Å². The van der Waals surface area contributed by atoms with Crippen molar-refractivity contribution in [3.63, 3.8) is 0 Å². The molecule has 0 saturated carbocycles. The van der Waals surface area contributed by atoms with Crippen LogP contribution in [0.4, 0.5) is 11.4 Å². The average molecular weight is 474 g/mol. The van der Waals surface area contributed by atoms with Crippen LogP contribution in [0.15, 0.2) is 58.3 Å². The number of benzene rings is 2. The number of rotatable bonds is 6. The van der Waals surface area contributed by atoms with Crippen LogP contribution >= 0.6 is 11.8 Å². The molecule has 2 aliphatic heterocycles. The average Bonchev–Trinajstić information content (AvgIpc) is 3.22. The van der Waals surface area contributed by atoms with Gasteiger partial charge in [-0.1, -0.05) is 6.42 Å². The highest BCUT2D eigenvalue weighted by Crippen LogP contribution is 2.28. The van der Waals surface area contributed by atoms with Crippen molar-refractivity contribution >= 4 is 45.0 Å². The standard InChI is InChI=1S/C23H27N3O4S2/c1-31-20-9-7-19(8-10-20)26-16-17(15-22(26)27)23(28)24-18-5-11-21(12-6-18)32(29,30)25-13-3-2-4-14-25/h5-12,17H,2-4,13-16H2,1H3,(H,24,28). The van der Waals surface area contributed by atoms with Crippen molar-refractivity contribution in [1.29, 1.82) is 0 Å². The highest BCUT2D eigenvalue weighted by atomic mass is 32.2. The van der Waals surface area contributed by atoms with Crippen molar-refractivity contribution in [1.82, 2.24) is 4.31 Å². The van der Waals surface area contributed by atoms with Crippen molar-refractivity contribution in [2.75, 3.05) is 36.1 Å². The highest BCUT2D eigenvalue weighted by Gasteiger charge is 2.35. The van der Waals surface area contributed by atoms with Gasteiger partial charge < -0.3 is 10.2 Å². The van der Waals surface area contributed by atoms with Gasteiger partial charge in [0.2, 0.25) is 21.8 Å². The Balaban J connectivity index is 1.39. The van der Waals surface area contributed by atoms with E-state index < -0.39 is 15.9 Å². The van der Waals surface area contributed by atoms with Gasteiger partial charge in [0.15, 0.2) is 0 Å². The largest absolute Gasteiger partial charge is 0.326 e. The smallest absolute Gasteiger partial charge is 0.243 e. The number of nitrogens with one attached hydrogen (secondary N) is 1. The maximum atomic E-state index is 12.8. The number of carbonyl (C=O) groups is 2. The molecule has 2 saturated heterocycles. The van der Waals surface area contributed by atoms with E-state index in [2.05, 4.69) is 5.32 Å². The first-order valence-electron chi connectivity index (χ1n) is 10.7. The molecule has 1 atom stereocenters. The van der Waals surface area contributed by atoms with Gasteiger partial charge in [-0.3, -0.25) is 9.59 Å². The highest BCUT2D eigenvalue weighted by molar-refractivity contribution is 7.98. The Bertz CT molecular complexity index is 1080. The van der Waals surface area contributed by atoms with E-state index in [4.69, 9.17) is 0 Å². The molecule has 0 bridgehead atoms. The number of hydrogen-bond acceptors (Lipinski definition) is 5. The molecule has 4 rings (SSSR count). The molecular weight excluding hydrogens is 446 g/mol. The fourth-order valence-electron chi connectivity index (χ4n) is 4.10. The number of amides is 2. The van der Waals surface area contributed by atoms with Gasteiger partial charge in [0.25, 0.3) is 0 Å². The second-order valence-corrected chi connectivity index (χ2v) is 10.9. The number of anilines is 2. The molecule has 1 unspecified atom stereocenters. The lowest BCUT2D eigenvalue weighted by molar-refractivity contribution is -0.122. The molecule has 2 heterocycles. The van der Waals surface area contributed by atoms with E-state index in [-0.39, 0.29) is 23.1 Å². The molecule has 7 nitrogen and oxygen atoms in total. The number of hydrogen-bond donors (Lipinski definition) is 1. The second-order valence-electron chi connectivity index (χ2n) is 8.08.